The number of rotatable bonds is 4. The van der Waals surface area contributed by atoms with Gasteiger partial charge >= 0.3 is 5.97 Å². The second-order valence-corrected chi connectivity index (χ2v) is 8.70. The number of ketones is 1. The number of para-hydroxylation sites is 1. The summed E-state index contributed by atoms with van der Waals surface area (Å²) in [5, 5.41) is 1.08. The van der Waals surface area contributed by atoms with Gasteiger partial charge < -0.3 is 14.0 Å². The van der Waals surface area contributed by atoms with Gasteiger partial charge in [0, 0.05) is 35.3 Å². The lowest BCUT2D eigenvalue weighted by molar-refractivity contribution is -0.139. The van der Waals surface area contributed by atoms with Gasteiger partial charge in [-0.25, -0.2) is 0 Å². The molecule has 0 atom stereocenters. The molecule has 1 aliphatic carbocycles. The Labute approximate surface area is 187 Å². The van der Waals surface area contributed by atoms with Crippen LogP contribution in [0.4, 0.5) is 0 Å². The van der Waals surface area contributed by atoms with Crippen LogP contribution < -0.4 is 9.47 Å². The number of carbonyl (C=O) groups excluding carboxylic acids is 2. The van der Waals surface area contributed by atoms with Crippen molar-refractivity contribution in [1.29, 1.82) is 0 Å². The highest BCUT2D eigenvalue weighted by atomic mass is 16.5. The molecule has 1 saturated carbocycles. The standard InChI is InChI=1S/C27H27NO4/c1-3-28-16-19(21-11-7-8-12-22(21)28)14-24-26(29)25-17(2)13-20(15-23(25)32-24)31-27(30)18-9-5-4-6-10-18/h7-8,11-16,18H,3-6,9-10H2,1-2H3/b24-14-. The predicted molar refractivity (Wildman–Crippen MR) is 124 cm³/mol. The van der Waals surface area contributed by atoms with Crippen molar-refractivity contribution >= 4 is 28.7 Å². The molecule has 0 saturated heterocycles. The van der Waals surface area contributed by atoms with Crippen molar-refractivity contribution in [1.82, 2.24) is 4.57 Å². The Morgan fingerprint density at radius 3 is 2.75 bits per heavy atom. The van der Waals surface area contributed by atoms with Gasteiger partial charge in [-0.15, -0.1) is 0 Å². The molecule has 0 N–H and O–H groups in total. The van der Waals surface area contributed by atoms with Crippen molar-refractivity contribution in [3.63, 3.8) is 0 Å². The highest BCUT2D eigenvalue weighted by molar-refractivity contribution is 6.16. The zero-order chi connectivity index (χ0) is 22.2. The first kappa shape index (κ1) is 20.6. The van der Waals surface area contributed by atoms with E-state index in [1.807, 2.05) is 31.3 Å². The Kier molecular flexibility index (Phi) is 5.33. The van der Waals surface area contributed by atoms with E-state index in [4.69, 9.17) is 9.47 Å². The van der Waals surface area contributed by atoms with E-state index >= 15 is 0 Å². The number of hydrogen-bond acceptors (Lipinski definition) is 4. The monoisotopic (exact) mass is 429 g/mol. The Bertz CT molecular complexity index is 1240. The molecule has 0 spiro atoms. The maximum absolute atomic E-state index is 13.1. The second-order valence-electron chi connectivity index (χ2n) is 8.70. The quantitative estimate of drug-likeness (QED) is 0.287. The van der Waals surface area contributed by atoms with E-state index in [0.29, 0.717) is 17.1 Å². The van der Waals surface area contributed by atoms with Crippen molar-refractivity contribution < 1.29 is 19.1 Å². The molecule has 1 aliphatic heterocycles. The minimum absolute atomic E-state index is 0.0359. The molecule has 2 aliphatic rings. The molecule has 5 nitrogen and oxygen atoms in total. The van der Waals surface area contributed by atoms with E-state index in [2.05, 4.69) is 23.6 Å². The van der Waals surface area contributed by atoms with Gasteiger partial charge in [-0.1, -0.05) is 37.5 Å². The SMILES string of the molecule is CCn1cc(/C=C2\Oc3cc(OC(=O)C4CCCCC4)cc(C)c3C2=O)c2ccccc21. The molecule has 1 fully saturated rings. The van der Waals surface area contributed by atoms with Crippen LogP contribution in [0.3, 0.4) is 0 Å². The predicted octanol–water partition coefficient (Wildman–Crippen LogP) is 6.07. The molecular weight excluding hydrogens is 402 g/mol. The largest absolute Gasteiger partial charge is 0.452 e. The molecule has 0 unspecified atom stereocenters. The first-order chi connectivity index (χ1) is 15.5. The summed E-state index contributed by atoms with van der Waals surface area (Å²) in [5.41, 5.74) is 3.35. The average Bonchev–Trinajstić information content (AvgIpc) is 3.32. The number of carbonyl (C=O) groups is 2. The first-order valence-electron chi connectivity index (χ1n) is 11.4. The van der Waals surface area contributed by atoms with E-state index in [1.165, 1.54) is 6.42 Å². The molecule has 0 radical (unpaired) electrons. The maximum atomic E-state index is 13.1. The summed E-state index contributed by atoms with van der Waals surface area (Å²) in [5.74, 6) is 0.817. The molecule has 0 bridgehead atoms. The fourth-order valence-corrected chi connectivity index (χ4v) is 4.87. The number of nitrogens with zero attached hydrogens (tertiary/aromatic N) is 1. The van der Waals surface area contributed by atoms with E-state index in [1.54, 1.807) is 12.1 Å². The highest BCUT2D eigenvalue weighted by Crippen LogP contribution is 2.38. The molecule has 32 heavy (non-hydrogen) atoms. The number of aryl methyl sites for hydroxylation is 2. The summed E-state index contributed by atoms with van der Waals surface area (Å²) < 4.78 is 13.8. The number of Topliss-reactive ketones (excluding diaryl/α,β-unsaturated/α-hetero) is 1. The van der Waals surface area contributed by atoms with Crippen LogP contribution in [0.15, 0.2) is 48.4 Å². The number of allylic oxidation sites excluding steroid dienone is 1. The van der Waals surface area contributed by atoms with Crippen LogP contribution in [0.2, 0.25) is 0 Å². The van der Waals surface area contributed by atoms with Crippen LogP contribution in [0.1, 0.15) is 60.5 Å². The topological polar surface area (TPSA) is 57.5 Å². The smallest absolute Gasteiger partial charge is 0.314 e. The third kappa shape index (κ3) is 3.62. The number of fused-ring (bicyclic) bond motifs is 2. The molecule has 2 aromatic carbocycles. The molecular formula is C27H27NO4. The fourth-order valence-electron chi connectivity index (χ4n) is 4.87. The number of benzene rings is 2. The minimum atomic E-state index is -0.184. The number of ether oxygens (including phenoxy) is 2. The molecule has 5 heteroatoms. The molecule has 2 heterocycles. The Hall–Kier alpha value is -3.34. The number of hydrogen-bond donors (Lipinski definition) is 0. The van der Waals surface area contributed by atoms with E-state index in [0.717, 1.165) is 54.3 Å². The van der Waals surface area contributed by atoms with Crippen LogP contribution in [0.5, 0.6) is 11.5 Å². The molecule has 164 valence electrons. The van der Waals surface area contributed by atoms with Gasteiger partial charge in [-0.2, -0.15) is 0 Å². The van der Waals surface area contributed by atoms with Gasteiger partial charge in [0.2, 0.25) is 5.78 Å². The Balaban J connectivity index is 1.43. The summed E-state index contributed by atoms with van der Waals surface area (Å²) in [6.45, 7) is 4.79. The van der Waals surface area contributed by atoms with Crippen molar-refractivity contribution in [2.45, 2.75) is 52.5 Å². The van der Waals surface area contributed by atoms with Gasteiger partial charge in [0.15, 0.2) is 5.76 Å². The lowest BCUT2D eigenvalue weighted by Gasteiger charge is -2.20. The maximum Gasteiger partial charge on any atom is 0.314 e. The van der Waals surface area contributed by atoms with Crippen LogP contribution in [0.25, 0.3) is 17.0 Å². The van der Waals surface area contributed by atoms with E-state index in [-0.39, 0.29) is 23.4 Å². The van der Waals surface area contributed by atoms with Crippen molar-refractivity contribution in [2.75, 3.05) is 0 Å². The van der Waals surface area contributed by atoms with Gasteiger partial charge in [0.1, 0.15) is 11.5 Å². The molecule has 1 aromatic heterocycles. The Morgan fingerprint density at radius 2 is 1.97 bits per heavy atom. The summed E-state index contributed by atoms with van der Waals surface area (Å²) >= 11 is 0. The zero-order valence-corrected chi connectivity index (χ0v) is 18.5. The van der Waals surface area contributed by atoms with Crippen LogP contribution in [0, 0.1) is 12.8 Å². The fraction of sp³-hybridized carbons (Fsp3) is 0.333. The van der Waals surface area contributed by atoms with Crippen molar-refractivity contribution in [3.05, 3.63) is 65.0 Å². The van der Waals surface area contributed by atoms with E-state index in [9.17, 15) is 9.59 Å². The lowest BCUT2D eigenvalue weighted by Crippen LogP contribution is -2.22. The van der Waals surface area contributed by atoms with Gasteiger partial charge in [0.25, 0.3) is 0 Å². The molecule has 3 aromatic rings. The molecule has 5 rings (SSSR count). The summed E-state index contributed by atoms with van der Waals surface area (Å²) in [6.07, 6.45) is 8.95. The summed E-state index contributed by atoms with van der Waals surface area (Å²) in [6, 6.07) is 11.5. The summed E-state index contributed by atoms with van der Waals surface area (Å²) in [4.78, 5) is 25.7. The summed E-state index contributed by atoms with van der Waals surface area (Å²) in [7, 11) is 0. The highest BCUT2D eigenvalue weighted by Gasteiger charge is 2.31. The van der Waals surface area contributed by atoms with Crippen LogP contribution in [-0.2, 0) is 11.3 Å². The van der Waals surface area contributed by atoms with Gasteiger partial charge in [-0.05, 0) is 50.5 Å². The van der Waals surface area contributed by atoms with Gasteiger partial charge in [-0.3, -0.25) is 9.59 Å². The van der Waals surface area contributed by atoms with Crippen molar-refractivity contribution in [3.8, 4) is 11.5 Å². The lowest BCUT2D eigenvalue weighted by atomic mass is 9.89. The van der Waals surface area contributed by atoms with Crippen LogP contribution >= 0.6 is 0 Å². The first-order valence-corrected chi connectivity index (χ1v) is 11.4. The molecule has 0 amide bonds. The number of esters is 1. The van der Waals surface area contributed by atoms with Crippen molar-refractivity contribution in [2.24, 2.45) is 5.92 Å². The zero-order valence-electron chi connectivity index (χ0n) is 18.5. The number of aromatic nitrogens is 1. The third-order valence-corrected chi connectivity index (χ3v) is 6.55. The third-order valence-electron chi connectivity index (χ3n) is 6.55. The second kappa shape index (κ2) is 8.30. The van der Waals surface area contributed by atoms with Gasteiger partial charge in [0.05, 0.1) is 11.5 Å². The van der Waals surface area contributed by atoms with Crippen LogP contribution in [-0.4, -0.2) is 16.3 Å². The average molecular weight is 430 g/mol. The Morgan fingerprint density at radius 1 is 1.19 bits per heavy atom. The normalized spacial score (nSPS) is 17.6. The van der Waals surface area contributed by atoms with E-state index < -0.39 is 0 Å². The minimum Gasteiger partial charge on any atom is -0.452 e.